The van der Waals surface area contributed by atoms with Gasteiger partial charge in [0.1, 0.15) is 18.9 Å². The highest BCUT2D eigenvalue weighted by Gasteiger charge is 2.36. The number of carbonyl (C=O) groups excluding carboxylic acids is 3. The third-order valence-corrected chi connectivity index (χ3v) is 5.65. The zero-order valence-electron chi connectivity index (χ0n) is 16.2. The molecular weight excluding hydrogens is 468 g/mol. The van der Waals surface area contributed by atoms with Crippen LogP contribution in [0.4, 0.5) is 10.5 Å². The molecule has 8 heteroatoms. The molecule has 2 aromatic carbocycles. The van der Waals surface area contributed by atoms with E-state index < -0.39 is 17.1 Å². The maximum atomic E-state index is 12.6. The van der Waals surface area contributed by atoms with Gasteiger partial charge in [0.25, 0.3) is 11.1 Å². The lowest BCUT2D eigenvalue weighted by Crippen LogP contribution is -2.36. The number of nitrogens with one attached hydrogen (secondary N) is 1. The Kier molecular flexibility index (Phi) is 7.12. The molecule has 0 bridgehead atoms. The Labute approximate surface area is 187 Å². The van der Waals surface area contributed by atoms with Crippen molar-refractivity contribution in [3.8, 4) is 5.75 Å². The van der Waals surface area contributed by atoms with Gasteiger partial charge in [0.2, 0.25) is 5.91 Å². The summed E-state index contributed by atoms with van der Waals surface area (Å²) in [7, 11) is 0. The molecule has 3 amide bonds. The van der Waals surface area contributed by atoms with Crippen LogP contribution in [0.3, 0.4) is 0 Å². The first-order valence-corrected chi connectivity index (χ1v) is 10.6. The van der Waals surface area contributed by atoms with Gasteiger partial charge in [-0.1, -0.05) is 36.4 Å². The van der Waals surface area contributed by atoms with E-state index in [0.717, 1.165) is 32.3 Å². The van der Waals surface area contributed by atoms with Gasteiger partial charge in [-0.2, -0.15) is 0 Å². The second-order valence-corrected chi connectivity index (χ2v) is 8.32. The van der Waals surface area contributed by atoms with Crippen molar-refractivity contribution < 1.29 is 19.1 Å². The first-order valence-electron chi connectivity index (χ1n) is 9.02. The van der Waals surface area contributed by atoms with Crippen LogP contribution in [0.1, 0.15) is 11.1 Å². The molecule has 3 rings (SSSR count). The average Bonchev–Trinajstić information content (AvgIpc) is 2.96. The maximum absolute atomic E-state index is 12.6. The van der Waals surface area contributed by atoms with Crippen LogP contribution in [-0.2, 0) is 9.59 Å². The number of nitrogens with zero attached hydrogens (tertiary/aromatic N) is 1. The number of benzene rings is 2. The number of ether oxygens (including phenoxy) is 1. The SMILES string of the molecule is C=CCOc1ccc(/C=C2/SC(=O)N(CC(=O)Nc3ccc(C)cc3)C2=O)cc1Br. The predicted octanol–water partition coefficient (Wildman–Crippen LogP) is 5.00. The minimum atomic E-state index is -0.493. The van der Waals surface area contributed by atoms with E-state index in [0.29, 0.717) is 18.0 Å². The number of anilines is 1. The van der Waals surface area contributed by atoms with E-state index in [1.54, 1.807) is 42.5 Å². The Morgan fingerprint density at radius 3 is 2.63 bits per heavy atom. The van der Waals surface area contributed by atoms with E-state index in [1.807, 2.05) is 19.1 Å². The van der Waals surface area contributed by atoms with Gasteiger partial charge >= 0.3 is 0 Å². The average molecular weight is 487 g/mol. The summed E-state index contributed by atoms with van der Waals surface area (Å²) in [6.45, 7) is 5.59. The topological polar surface area (TPSA) is 75.7 Å². The zero-order chi connectivity index (χ0) is 21.7. The smallest absolute Gasteiger partial charge is 0.294 e. The monoisotopic (exact) mass is 486 g/mol. The molecule has 1 N–H and O–H groups in total. The molecule has 0 unspecified atom stereocenters. The number of aryl methyl sites for hydroxylation is 1. The van der Waals surface area contributed by atoms with Gasteiger partial charge in [0.15, 0.2) is 0 Å². The van der Waals surface area contributed by atoms with Crippen LogP contribution in [0.2, 0.25) is 0 Å². The van der Waals surface area contributed by atoms with Gasteiger partial charge in [-0.25, -0.2) is 0 Å². The Hall–Kier alpha value is -2.84. The number of thioether (sulfide) groups is 1. The lowest BCUT2D eigenvalue weighted by molar-refractivity contribution is -0.127. The second-order valence-electron chi connectivity index (χ2n) is 6.47. The van der Waals surface area contributed by atoms with E-state index in [1.165, 1.54) is 0 Å². The number of halogens is 1. The minimum absolute atomic E-state index is 0.259. The molecule has 0 aromatic heterocycles. The van der Waals surface area contributed by atoms with Crippen LogP contribution in [0.25, 0.3) is 6.08 Å². The standard InChI is InChI=1S/C22H19BrN2O4S/c1-3-10-29-18-9-6-15(11-17(18)23)12-19-21(27)25(22(28)30-19)13-20(26)24-16-7-4-14(2)5-8-16/h3-9,11-12H,1,10,13H2,2H3,(H,24,26)/b19-12+. The van der Waals surface area contributed by atoms with E-state index in [4.69, 9.17) is 4.74 Å². The second kappa shape index (κ2) is 9.77. The Morgan fingerprint density at radius 1 is 1.23 bits per heavy atom. The highest BCUT2D eigenvalue weighted by atomic mass is 79.9. The molecular formula is C22H19BrN2O4S. The van der Waals surface area contributed by atoms with E-state index in [-0.39, 0.29) is 11.4 Å². The van der Waals surface area contributed by atoms with Gasteiger partial charge in [-0.15, -0.1) is 0 Å². The third-order valence-electron chi connectivity index (χ3n) is 4.12. The van der Waals surface area contributed by atoms with E-state index in [2.05, 4.69) is 27.8 Å². The molecule has 1 aliphatic heterocycles. The maximum Gasteiger partial charge on any atom is 0.294 e. The van der Waals surface area contributed by atoms with Crippen LogP contribution >= 0.6 is 27.7 Å². The molecule has 30 heavy (non-hydrogen) atoms. The van der Waals surface area contributed by atoms with Gasteiger partial charge in [-0.05, 0) is 70.5 Å². The van der Waals surface area contributed by atoms with Crippen LogP contribution in [0.5, 0.6) is 5.75 Å². The van der Waals surface area contributed by atoms with Crippen molar-refractivity contribution in [1.29, 1.82) is 0 Å². The van der Waals surface area contributed by atoms with Gasteiger partial charge in [0, 0.05) is 5.69 Å². The highest BCUT2D eigenvalue weighted by molar-refractivity contribution is 9.10. The molecule has 0 saturated carbocycles. The van der Waals surface area contributed by atoms with E-state index in [9.17, 15) is 14.4 Å². The quantitative estimate of drug-likeness (QED) is 0.440. The zero-order valence-corrected chi connectivity index (χ0v) is 18.6. The highest BCUT2D eigenvalue weighted by Crippen LogP contribution is 2.33. The number of imide groups is 1. The molecule has 1 fully saturated rings. The minimum Gasteiger partial charge on any atom is -0.488 e. The number of hydrogen-bond donors (Lipinski definition) is 1. The molecule has 0 atom stereocenters. The molecule has 0 radical (unpaired) electrons. The van der Waals surface area contributed by atoms with Gasteiger partial charge < -0.3 is 10.1 Å². The number of rotatable bonds is 7. The first-order chi connectivity index (χ1) is 14.4. The molecule has 1 aliphatic rings. The van der Waals surface area contributed by atoms with Crippen LogP contribution < -0.4 is 10.1 Å². The van der Waals surface area contributed by atoms with Crippen LogP contribution in [0.15, 0.2) is 64.5 Å². The van der Waals surface area contributed by atoms with Gasteiger partial charge in [0.05, 0.1) is 9.38 Å². The Balaban J connectivity index is 1.68. The summed E-state index contributed by atoms with van der Waals surface area (Å²) in [5, 5.41) is 2.21. The van der Waals surface area contributed by atoms with Crippen molar-refractivity contribution in [2.45, 2.75) is 6.92 Å². The summed E-state index contributed by atoms with van der Waals surface area (Å²) in [5.41, 5.74) is 2.40. The first kappa shape index (κ1) is 21.9. The molecule has 0 aliphatic carbocycles. The molecule has 1 heterocycles. The van der Waals surface area contributed by atoms with Crippen LogP contribution in [0, 0.1) is 6.92 Å². The summed E-state index contributed by atoms with van der Waals surface area (Å²) >= 11 is 4.23. The lowest BCUT2D eigenvalue weighted by atomic mass is 10.2. The van der Waals surface area contributed by atoms with Crippen molar-refractivity contribution in [2.24, 2.45) is 0 Å². The fraction of sp³-hybridized carbons (Fsp3) is 0.136. The van der Waals surface area contributed by atoms with Crippen molar-refractivity contribution in [3.05, 3.63) is 75.6 Å². The third kappa shape index (κ3) is 5.40. The summed E-state index contributed by atoms with van der Waals surface area (Å²) in [6, 6.07) is 12.6. The summed E-state index contributed by atoms with van der Waals surface area (Å²) in [5.74, 6) is -0.283. The lowest BCUT2D eigenvalue weighted by Gasteiger charge is -2.12. The molecule has 0 spiro atoms. The molecule has 6 nitrogen and oxygen atoms in total. The van der Waals surface area contributed by atoms with Crippen molar-refractivity contribution in [2.75, 3.05) is 18.5 Å². The predicted molar refractivity (Wildman–Crippen MR) is 122 cm³/mol. The normalized spacial score (nSPS) is 14.9. The molecule has 1 saturated heterocycles. The fourth-order valence-electron chi connectivity index (χ4n) is 2.64. The van der Waals surface area contributed by atoms with Crippen molar-refractivity contribution in [1.82, 2.24) is 4.90 Å². The van der Waals surface area contributed by atoms with Crippen molar-refractivity contribution in [3.63, 3.8) is 0 Å². The molecule has 154 valence electrons. The van der Waals surface area contributed by atoms with Crippen molar-refractivity contribution >= 4 is 56.5 Å². The number of carbonyl (C=O) groups is 3. The summed E-state index contributed by atoms with van der Waals surface area (Å²) in [4.78, 5) is 38.4. The largest absolute Gasteiger partial charge is 0.488 e. The Morgan fingerprint density at radius 2 is 1.97 bits per heavy atom. The summed E-state index contributed by atoms with van der Waals surface area (Å²) in [6.07, 6.45) is 3.26. The number of amides is 3. The van der Waals surface area contributed by atoms with Gasteiger partial charge in [-0.3, -0.25) is 19.3 Å². The Bertz CT molecular complexity index is 1030. The van der Waals surface area contributed by atoms with Crippen LogP contribution in [-0.4, -0.2) is 35.1 Å². The fourth-order valence-corrected chi connectivity index (χ4v) is 3.99. The molecule has 2 aromatic rings. The van der Waals surface area contributed by atoms with E-state index >= 15 is 0 Å². The summed E-state index contributed by atoms with van der Waals surface area (Å²) < 4.78 is 6.22. The number of hydrogen-bond acceptors (Lipinski definition) is 5.